The number of ether oxygens (including phenoxy) is 3. The van der Waals surface area contributed by atoms with E-state index in [-0.39, 0.29) is 12.0 Å². The molecule has 1 aliphatic rings. The maximum atomic E-state index is 12.7. The summed E-state index contributed by atoms with van der Waals surface area (Å²) in [5, 5.41) is 3.00. The van der Waals surface area contributed by atoms with Gasteiger partial charge in [-0.3, -0.25) is 14.7 Å². The van der Waals surface area contributed by atoms with E-state index in [0.29, 0.717) is 49.3 Å². The Kier molecular flexibility index (Phi) is 8.67. The van der Waals surface area contributed by atoms with Gasteiger partial charge in [0, 0.05) is 44.1 Å². The summed E-state index contributed by atoms with van der Waals surface area (Å²) in [6.07, 6.45) is 3.47. The van der Waals surface area contributed by atoms with Gasteiger partial charge in [-0.15, -0.1) is 0 Å². The zero-order chi connectivity index (χ0) is 22.1. The highest BCUT2D eigenvalue weighted by Crippen LogP contribution is 2.29. The normalized spacial score (nSPS) is 16.8. The predicted molar refractivity (Wildman–Crippen MR) is 120 cm³/mol. The first-order valence-corrected chi connectivity index (χ1v) is 11.0. The Morgan fingerprint density at radius 1 is 1.23 bits per heavy atom. The lowest BCUT2D eigenvalue weighted by Crippen LogP contribution is -2.48. The molecule has 0 bridgehead atoms. The van der Waals surface area contributed by atoms with E-state index in [9.17, 15) is 4.79 Å². The maximum absolute atomic E-state index is 12.7. The molecule has 31 heavy (non-hydrogen) atoms. The van der Waals surface area contributed by atoms with Gasteiger partial charge in [0.15, 0.2) is 11.5 Å². The van der Waals surface area contributed by atoms with Gasteiger partial charge in [0.1, 0.15) is 6.61 Å². The van der Waals surface area contributed by atoms with Crippen LogP contribution in [0.3, 0.4) is 0 Å². The van der Waals surface area contributed by atoms with E-state index in [2.05, 4.69) is 29.0 Å². The summed E-state index contributed by atoms with van der Waals surface area (Å²) in [5.74, 6) is 1.63. The van der Waals surface area contributed by atoms with E-state index < -0.39 is 0 Å². The standard InChI is InChI=1S/C24H33N3O4/c1-4-29-23-13-20(5-6-22(23)31-17-19-7-9-25-10-8-19)24(28)26-14-21-16-27(11-12-30-21)15-18(2)3/h5-10,13,18,21H,4,11-12,14-17H2,1-3H3,(H,26,28). The zero-order valence-corrected chi connectivity index (χ0v) is 18.7. The summed E-state index contributed by atoms with van der Waals surface area (Å²) in [5.41, 5.74) is 1.55. The van der Waals surface area contributed by atoms with Gasteiger partial charge in [-0.2, -0.15) is 0 Å². The first-order chi connectivity index (χ1) is 15.0. The molecule has 0 spiro atoms. The second kappa shape index (κ2) is 11.7. The SMILES string of the molecule is CCOc1cc(C(=O)NCC2CN(CC(C)C)CCO2)ccc1OCc1ccncc1. The first-order valence-electron chi connectivity index (χ1n) is 11.0. The molecule has 1 N–H and O–H groups in total. The Morgan fingerprint density at radius 2 is 2.03 bits per heavy atom. The van der Waals surface area contributed by atoms with Gasteiger partial charge < -0.3 is 19.5 Å². The van der Waals surface area contributed by atoms with Crippen molar-refractivity contribution >= 4 is 5.91 Å². The van der Waals surface area contributed by atoms with Gasteiger partial charge in [0.2, 0.25) is 0 Å². The van der Waals surface area contributed by atoms with E-state index >= 15 is 0 Å². The van der Waals surface area contributed by atoms with Crippen LogP contribution in [0.2, 0.25) is 0 Å². The highest BCUT2D eigenvalue weighted by atomic mass is 16.5. The Bertz CT molecular complexity index is 829. The lowest BCUT2D eigenvalue weighted by atomic mass is 10.1. The van der Waals surface area contributed by atoms with Gasteiger partial charge in [-0.1, -0.05) is 13.8 Å². The molecule has 1 aromatic carbocycles. The number of nitrogens with one attached hydrogen (secondary N) is 1. The summed E-state index contributed by atoms with van der Waals surface area (Å²) < 4.78 is 17.4. The lowest BCUT2D eigenvalue weighted by Gasteiger charge is -2.33. The molecule has 1 unspecified atom stereocenters. The largest absolute Gasteiger partial charge is 0.490 e. The molecule has 1 fully saturated rings. The van der Waals surface area contributed by atoms with Gasteiger partial charge in [-0.25, -0.2) is 0 Å². The monoisotopic (exact) mass is 427 g/mol. The summed E-state index contributed by atoms with van der Waals surface area (Å²) >= 11 is 0. The maximum Gasteiger partial charge on any atom is 0.251 e. The van der Waals surface area contributed by atoms with Gasteiger partial charge in [0.05, 0.1) is 19.3 Å². The Morgan fingerprint density at radius 3 is 2.77 bits per heavy atom. The third kappa shape index (κ3) is 7.22. The zero-order valence-electron chi connectivity index (χ0n) is 18.7. The number of amides is 1. The lowest BCUT2D eigenvalue weighted by molar-refractivity contribution is -0.0295. The summed E-state index contributed by atoms with van der Waals surface area (Å²) in [4.78, 5) is 19.1. The molecule has 7 nitrogen and oxygen atoms in total. The van der Waals surface area contributed by atoms with Crippen LogP contribution in [0.1, 0.15) is 36.7 Å². The smallest absolute Gasteiger partial charge is 0.251 e. The molecule has 0 saturated carbocycles. The van der Waals surface area contributed by atoms with Crippen molar-refractivity contribution < 1.29 is 19.0 Å². The van der Waals surface area contributed by atoms with Crippen LogP contribution in [0, 0.1) is 5.92 Å². The van der Waals surface area contributed by atoms with Crippen molar-refractivity contribution in [2.45, 2.75) is 33.5 Å². The second-order valence-electron chi connectivity index (χ2n) is 8.09. The number of hydrogen-bond donors (Lipinski definition) is 1. The average molecular weight is 428 g/mol. The highest BCUT2D eigenvalue weighted by molar-refractivity contribution is 5.94. The van der Waals surface area contributed by atoms with Crippen LogP contribution in [0.4, 0.5) is 0 Å². The average Bonchev–Trinajstić information content (AvgIpc) is 2.77. The van der Waals surface area contributed by atoms with Crippen molar-refractivity contribution in [3.63, 3.8) is 0 Å². The van der Waals surface area contributed by atoms with Crippen molar-refractivity contribution in [3.8, 4) is 11.5 Å². The number of hydrogen-bond acceptors (Lipinski definition) is 6. The molecular formula is C24H33N3O4. The first kappa shape index (κ1) is 23.0. The minimum Gasteiger partial charge on any atom is -0.490 e. The molecule has 1 aromatic heterocycles. The third-order valence-corrected chi connectivity index (χ3v) is 4.99. The molecule has 1 saturated heterocycles. The molecule has 0 aliphatic carbocycles. The topological polar surface area (TPSA) is 72.9 Å². The fourth-order valence-electron chi connectivity index (χ4n) is 3.57. The van der Waals surface area contributed by atoms with E-state index in [0.717, 1.165) is 25.2 Å². The van der Waals surface area contributed by atoms with E-state index in [1.54, 1.807) is 30.6 Å². The Labute approximate surface area is 184 Å². The molecule has 0 radical (unpaired) electrons. The Balaban J connectivity index is 1.57. The van der Waals surface area contributed by atoms with Crippen LogP contribution in [-0.2, 0) is 11.3 Å². The van der Waals surface area contributed by atoms with E-state index in [1.807, 2.05) is 19.1 Å². The number of benzene rings is 1. The van der Waals surface area contributed by atoms with Crippen molar-refractivity contribution in [3.05, 3.63) is 53.9 Å². The van der Waals surface area contributed by atoms with Crippen LogP contribution < -0.4 is 14.8 Å². The van der Waals surface area contributed by atoms with Crippen molar-refractivity contribution in [1.29, 1.82) is 0 Å². The fraction of sp³-hybridized carbons (Fsp3) is 0.500. The predicted octanol–water partition coefficient (Wildman–Crippen LogP) is 3.15. The number of pyridine rings is 1. The Hall–Kier alpha value is -2.64. The summed E-state index contributed by atoms with van der Waals surface area (Å²) in [6, 6.07) is 9.07. The minimum absolute atomic E-state index is 0.00535. The summed E-state index contributed by atoms with van der Waals surface area (Å²) in [7, 11) is 0. The third-order valence-electron chi connectivity index (χ3n) is 4.99. The van der Waals surface area contributed by atoms with Crippen molar-refractivity contribution in [1.82, 2.24) is 15.2 Å². The number of rotatable bonds is 10. The van der Waals surface area contributed by atoms with Gasteiger partial charge in [-0.05, 0) is 48.7 Å². The van der Waals surface area contributed by atoms with Gasteiger partial charge in [0.25, 0.3) is 5.91 Å². The fourth-order valence-corrected chi connectivity index (χ4v) is 3.57. The molecule has 2 aromatic rings. The quantitative estimate of drug-likeness (QED) is 0.628. The molecule has 2 heterocycles. The number of carbonyl (C=O) groups is 1. The van der Waals surface area contributed by atoms with Crippen LogP contribution in [-0.4, -0.2) is 61.3 Å². The molecule has 1 amide bonds. The minimum atomic E-state index is -0.147. The molecule has 3 rings (SSSR count). The number of morpholine rings is 1. The number of aromatic nitrogens is 1. The van der Waals surface area contributed by atoms with Crippen LogP contribution in [0.15, 0.2) is 42.7 Å². The van der Waals surface area contributed by atoms with Crippen molar-refractivity contribution in [2.24, 2.45) is 5.92 Å². The summed E-state index contributed by atoms with van der Waals surface area (Å²) in [6.45, 7) is 11.2. The molecular weight excluding hydrogens is 394 g/mol. The second-order valence-corrected chi connectivity index (χ2v) is 8.09. The van der Waals surface area contributed by atoms with Crippen LogP contribution in [0.5, 0.6) is 11.5 Å². The highest BCUT2D eigenvalue weighted by Gasteiger charge is 2.22. The molecule has 168 valence electrons. The van der Waals surface area contributed by atoms with E-state index in [4.69, 9.17) is 14.2 Å². The van der Waals surface area contributed by atoms with Crippen LogP contribution >= 0.6 is 0 Å². The van der Waals surface area contributed by atoms with Crippen LogP contribution in [0.25, 0.3) is 0 Å². The number of nitrogens with zero attached hydrogens (tertiary/aromatic N) is 2. The van der Waals surface area contributed by atoms with Crippen molar-refractivity contribution in [2.75, 3.05) is 39.4 Å². The van der Waals surface area contributed by atoms with E-state index in [1.165, 1.54) is 0 Å². The molecule has 1 aliphatic heterocycles. The molecule has 7 heteroatoms. The van der Waals surface area contributed by atoms with Gasteiger partial charge >= 0.3 is 0 Å². The number of carbonyl (C=O) groups excluding carboxylic acids is 1. The molecule has 1 atom stereocenters.